The van der Waals surface area contributed by atoms with E-state index in [0.717, 1.165) is 37.7 Å². The quantitative estimate of drug-likeness (QED) is 0.566. The Bertz CT molecular complexity index is 356. The standard InChI is InChI=1S/C15H24N2OS/c1-3-18-11-7-10-16-15(19)17-13(2)12-14-8-5-4-6-9-14/h4-6,8-9,13H,3,7,10-12H2,1-2H3,(H2,16,17,19). The Morgan fingerprint density at radius 1 is 1.32 bits per heavy atom. The molecule has 1 aromatic rings. The van der Waals surface area contributed by atoms with E-state index in [1.807, 2.05) is 13.0 Å². The maximum atomic E-state index is 5.27. The zero-order chi connectivity index (χ0) is 13.9. The van der Waals surface area contributed by atoms with Crippen LogP contribution in [-0.2, 0) is 11.2 Å². The largest absolute Gasteiger partial charge is 0.382 e. The van der Waals surface area contributed by atoms with E-state index < -0.39 is 0 Å². The van der Waals surface area contributed by atoms with E-state index in [-0.39, 0.29) is 0 Å². The van der Waals surface area contributed by atoms with Gasteiger partial charge in [-0.25, -0.2) is 0 Å². The molecule has 1 aromatic carbocycles. The summed E-state index contributed by atoms with van der Waals surface area (Å²) in [6.45, 7) is 6.55. The summed E-state index contributed by atoms with van der Waals surface area (Å²) in [6, 6.07) is 10.8. The van der Waals surface area contributed by atoms with Crippen LogP contribution in [-0.4, -0.2) is 30.9 Å². The molecule has 1 unspecified atom stereocenters. The van der Waals surface area contributed by atoms with Gasteiger partial charge < -0.3 is 15.4 Å². The van der Waals surface area contributed by atoms with Crippen molar-refractivity contribution in [2.75, 3.05) is 19.8 Å². The van der Waals surface area contributed by atoms with Crippen molar-refractivity contribution in [2.24, 2.45) is 0 Å². The van der Waals surface area contributed by atoms with Gasteiger partial charge in [0, 0.05) is 25.8 Å². The van der Waals surface area contributed by atoms with Crippen LogP contribution in [0.5, 0.6) is 0 Å². The Labute approximate surface area is 121 Å². The van der Waals surface area contributed by atoms with Crippen molar-refractivity contribution in [1.82, 2.24) is 10.6 Å². The van der Waals surface area contributed by atoms with E-state index in [1.165, 1.54) is 5.56 Å². The monoisotopic (exact) mass is 280 g/mol. The average molecular weight is 280 g/mol. The number of thiocarbonyl (C=S) groups is 1. The van der Waals surface area contributed by atoms with Crippen LogP contribution in [0.4, 0.5) is 0 Å². The summed E-state index contributed by atoms with van der Waals surface area (Å²) >= 11 is 5.26. The van der Waals surface area contributed by atoms with Gasteiger partial charge in [0.15, 0.2) is 5.11 Å². The average Bonchev–Trinajstić information content (AvgIpc) is 2.39. The van der Waals surface area contributed by atoms with Crippen LogP contribution in [0.3, 0.4) is 0 Å². The molecule has 0 aromatic heterocycles. The van der Waals surface area contributed by atoms with Crippen LogP contribution in [0.15, 0.2) is 30.3 Å². The fourth-order valence-electron chi connectivity index (χ4n) is 1.81. The number of hydrogen-bond donors (Lipinski definition) is 2. The molecule has 0 saturated heterocycles. The molecular weight excluding hydrogens is 256 g/mol. The predicted molar refractivity (Wildman–Crippen MR) is 84.5 cm³/mol. The third kappa shape index (κ3) is 7.80. The van der Waals surface area contributed by atoms with Crippen LogP contribution in [0.25, 0.3) is 0 Å². The molecule has 0 heterocycles. The van der Waals surface area contributed by atoms with E-state index in [1.54, 1.807) is 0 Å². The molecule has 0 aliphatic heterocycles. The van der Waals surface area contributed by atoms with Gasteiger partial charge in [-0.05, 0) is 44.5 Å². The first kappa shape index (κ1) is 15.9. The third-order valence-electron chi connectivity index (χ3n) is 2.72. The van der Waals surface area contributed by atoms with Gasteiger partial charge in [0.25, 0.3) is 0 Å². The molecule has 0 aliphatic carbocycles. The molecule has 3 nitrogen and oxygen atoms in total. The lowest BCUT2D eigenvalue weighted by molar-refractivity contribution is 0.145. The van der Waals surface area contributed by atoms with Crippen LogP contribution >= 0.6 is 12.2 Å². The van der Waals surface area contributed by atoms with Crippen molar-refractivity contribution in [3.8, 4) is 0 Å². The van der Waals surface area contributed by atoms with Crippen molar-refractivity contribution < 1.29 is 4.74 Å². The maximum absolute atomic E-state index is 5.27. The van der Waals surface area contributed by atoms with Gasteiger partial charge in [0.2, 0.25) is 0 Å². The molecule has 0 aliphatic rings. The Morgan fingerprint density at radius 2 is 2.05 bits per heavy atom. The fraction of sp³-hybridized carbons (Fsp3) is 0.533. The zero-order valence-corrected chi connectivity index (χ0v) is 12.6. The second-order valence-electron chi connectivity index (χ2n) is 4.54. The molecule has 1 atom stereocenters. The Balaban J connectivity index is 2.14. The third-order valence-corrected chi connectivity index (χ3v) is 2.98. The summed E-state index contributed by atoms with van der Waals surface area (Å²) < 4.78 is 5.27. The normalized spacial score (nSPS) is 11.9. The summed E-state index contributed by atoms with van der Waals surface area (Å²) in [4.78, 5) is 0. The Hall–Kier alpha value is -1.13. The minimum atomic E-state index is 0.328. The highest BCUT2D eigenvalue weighted by molar-refractivity contribution is 7.80. The minimum Gasteiger partial charge on any atom is -0.382 e. The van der Waals surface area contributed by atoms with Crippen molar-refractivity contribution >= 4 is 17.3 Å². The van der Waals surface area contributed by atoms with Gasteiger partial charge in [-0.3, -0.25) is 0 Å². The van der Waals surface area contributed by atoms with Crippen molar-refractivity contribution in [2.45, 2.75) is 32.7 Å². The second kappa shape index (κ2) is 9.75. The molecule has 0 bridgehead atoms. The van der Waals surface area contributed by atoms with Crippen LogP contribution in [0.1, 0.15) is 25.8 Å². The fourth-order valence-corrected chi connectivity index (χ4v) is 2.12. The van der Waals surface area contributed by atoms with Gasteiger partial charge in [0.05, 0.1) is 0 Å². The molecule has 19 heavy (non-hydrogen) atoms. The van der Waals surface area contributed by atoms with E-state index in [2.05, 4.69) is 41.8 Å². The number of benzene rings is 1. The number of hydrogen-bond acceptors (Lipinski definition) is 2. The molecule has 0 saturated carbocycles. The summed E-state index contributed by atoms with van der Waals surface area (Å²) in [5.74, 6) is 0. The van der Waals surface area contributed by atoms with Crippen molar-refractivity contribution in [3.05, 3.63) is 35.9 Å². The molecule has 1 rings (SSSR count). The minimum absolute atomic E-state index is 0.328. The topological polar surface area (TPSA) is 33.3 Å². The first-order chi connectivity index (χ1) is 9.22. The van der Waals surface area contributed by atoms with Gasteiger partial charge in [-0.15, -0.1) is 0 Å². The lowest BCUT2D eigenvalue weighted by Gasteiger charge is -2.17. The Kier molecular flexibility index (Phi) is 8.18. The molecular formula is C15H24N2OS. The van der Waals surface area contributed by atoms with E-state index in [9.17, 15) is 0 Å². The van der Waals surface area contributed by atoms with Crippen molar-refractivity contribution in [1.29, 1.82) is 0 Å². The molecule has 0 amide bonds. The zero-order valence-electron chi connectivity index (χ0n) is 11.8. The summed E-state index contributed by atoms with van der Waals surface area (Å²) in [6.07, 6.45) is 1.95. The lowest BCUT2D eigenvalue weighted by atomic mass is 10.1. The first-order valence-electron chi connectivity index (χ1n) is 6.88. The molecule has 0 spiro atoms. The van der Waals surface area contributed by atoms with E-state index in [4.69, 9.17) is 17.0 Å². The van der Waals surface area contributed by atoms with Crippen LogP contribution < -0.4 is 10.6 Å². The highest BCUT2D eigenvalue weighted by Gasteiger charge is 2.04. The summed E-state index contributed by atoms with van der Waals surface area (Å²) in [7, 11) is 0. The highest BCUT2D eigenvalue weighted by atomic mass is 32.1. The van der Waals surface area contributed by atoms with Crippen LogP contribution in [0, 0.1) is 0 Å². The molecule has 0 fully saturated rings. The van der Waals surface area contributed by atoms with Crippen LogP contribution in [0.2, 0.25) is 0 Å². The Morgan fingerprint density at radius 3 is 2.74 bits per heavy atom. The molecule has 106 valence electrons. The number of nitrogens with one attached hydrogen (secondary N) is 2. The van der Waals surface area contributed by atoms with Gasteiger partial charge in [-0.2, -0.15) is 0 Å². The number of ether oxygens (including phenoxy) is 1. The summed E-state index contributed by atoms with van der Waals surface area (Å²) in [5.41, 5.74) is 1.32. The van der Waals surface area contributed by atoms with E-state index >= 15 is 0 Å². The molecule has 2 N–H and O–H groups in total. The van der Waals surface area contributed by atoms with Gasteiger partial charge in [0.1, 0.15) is 0 Å². The number of rotatable bonds is 8. The molecule has 0 radical (unpaired) electrons. The smallest absolute Gasteiger partial charge is 0.166 e. The summed E-state index contributed by atoms with van der Waals surface area (Å²) in [5, 5.41) is 7.22. The highest BCUT2D eigenvalue weighted by Crippen LogP contribution is 2.02. The van der Waals surface area contributed by atoms with Crippen molar-refractivity contribution in [3.63, 3.8) is 0 Å². The molecule has 4 heteroatoms. The van der Waals surface area contributed by atoms with E-state index in [0.29, 0.717) is 6.04 Å². The predicted octanol–water partition coefficient (Wildman–Crippen LogP) is 2.51. The van der Waals surface area contributed by atoms with Gasteiger partial charge in [-0.1, -0.05) is 30.3 Å². The SMILES string of the molecule is CCOCCCNC(=S)NC(C)Cc1ccccc1. The first-order valence-corrected chi connectivity index (χ1v) is 7.29. The lowest BCUT2D eigenvalue weighted by Crippen LogP contribution is -2.41. The van der Waals surface area contributed by atoms with Gasteiger partial charge >= 0.3 is 0 Å². The second-order valence-corrected chi connectivity index (χ2v) is 4.95. The maximum Gasteiger partial charge on any atom is 0.166 e.